The molecule has 0 spiro atoms. The number of aromatic hydroxyl groups is 2. The fourth-order valence-corrected chi connectivity index (χ4v) is 4.66. The first kappa shape index (κ1) is 21.3. The number of nitrogens with zero attached hydrogens (tertiary/aromatic N) is 1. The Labute approximate surface area is 193 Å². The maximum Gasteiger partial charge on any atom is 0.251 e. The van der Waals surface area contributed by atoms with Gasteiger partial charge in [0.2, 0.25) is 11.8 Å². The number of carbonyl (C=O) groups is 1. The molecule has 1 aromatic heterocycles. The minimum atomic E-state index is -1.03. The molecule has 2 atom stereocenters. The van der Waals surface area contributed by atoms with Crippen molar-refractivity contribution in [2.24, 2.45) is 0 Å². The number of rotatable bonds is 4. The van der Waals surface area contributed by atoms with Gasteiger partial charge in [-0.1, -0.05) is 56.7 Å². The van der Waals surface area contributed by atoms with E-state index in [1.165, 1.54) is 4.57 Å². The zero-order valence-electron chi connectivity index (χ0n) is 19.2. The molecule has 0 fully saturated rings. The second kappa shape index (κ2) is 7.25. The van der Waals surface area contributed by atoms with Crippen LogP contribution in [0.3, 0.4) is 0 Å². The fraction of sp³-hybridized carbons (Fsp3) is 0.296. The summed E-state index contributed by atoms with van der Waals surface area (Å²) in [6, 6.07) is 15.1. The molecule has 1 amide bonds. The second-order valence-corrected chi connectivity index (χ2v) is 9.90. The van der Waals surface area contributed by atoms with E-state index in [0.29, 0.717) is 22.4 Å². The number of nitrogens with one attached hydrogen (secondary N) is 1. The van der Waals surface area contributed by atoms with Crippen LogP contribution in [-0.4, -0.2) is 27.2 Å². The van der Waals surface area contributed by atoms with Gasteiger partial charge < -0.3 is 20.3 Å². The molecule has 2 unspecified atom stereocenters. The average molecular weight is 445 g/mol. The van der Waals surface area contributed by atoms with Gasteiger partial charge in [0.1, 0.15) is 11.7 Å². The summed E-state index contributed by atoms with van der Waals surface area (Å²) >= 11 is 0. The van der Waals surface area contributed by atoms with Gasteiger partial charge in [-0.05, 0) is 48.2 Å². The fourth-order valence-electron chi connectivity index (χ4n) is 4.66. The minimum absolute atomic E-state index is 0.00977. The normalized spacial score (nSPS) is 20.8. The molecule has 0 radical (unpaired) electrons. The number of fused-ring (bicyclic) bond motifs is 5. The molecule has 2 aliphatic heterocycles. The molecule has 170 valence electrons. The predicted molar refractivity (Wildman–Crippen MR) is 126 cm³/mol. The zero-order chi connectivity index (χ0) is 23.5. The minimum Gasteiger partial charge on any atom is -0.494 e. The third-order valence-electron chi connectivity index (χ3n) is 6.56. The zero-order valence-corrected chi connectivity index (χ0v) is 19.2. The summed E-state index contributed by atoms with van der Waals surface area (Å²) in [5.74, 6) is -0.353. The Morgan fingerprint density at radius 2 is 1.73 bits per heavy atom. The third-order valence-corrected chi connectivity index (χ3v) is 6.56. The average Bonchev–Trinajstić information content (AvgIpc) is 3.43. The van der Waals surface area contributed by atoms with Gasteiger partial charge in [-0.3, -0.25) is 9.36 Å². The van der Waals surface area contributed by atoms with Crippen LogP contribution in [-0.2, 0) is 15.8 Å². The van der Waals surface area contributed by atoms with Crippen LogP contribution in [0.25, 0.3) is 5.69 Å². The van der Waals surface area contributed by atoms with Crippen molar-refractivity contribution >= 4 is 5.91 Å². The highest BCUT2D eigenvalue weighted by Crippen LogP contribution is 2.58. The molecule has 6 nitrogen and oxygen atoms in total. The number of aromatic nitrogens is 1. The van der Waals surface area contributed by atoms with Crippen molar-refractivity contribution in [3.05, 3.63) is 88.5 Å². The molecule has 3 N–H and O–H groups in total. The molecule has 0 saturated carbocycles. The first-order valence-electron chi connectivity index (χ1n) is 11.1. The number of ether oxygens (including phenoxy) is 1. The van der Waals surface area contributed by atoms with Crippen LogP contribution in [0.1, 0.15) is 59.5 Å². The van der Waals surface area contributed by atoms with Gasteiger partial charge in [0, 0.05) is 5.56 Å². The van der Waals surface area contributed by atoms with Crippen LogP contribution in [0.2, 0.25) is 0 Å². The Hall–Kier alpha value is -3.51. The highest BCUT2D eigenvalue weighted by Gasteiger charge is 2.53. The lowest BCUT2D eigenvalue weighted by atomic mass is 9.86. The molecule has 5 rings (SSSR count). The largest absolute Gasteiger partial charge is 0.494 e. The standard InChI is InChI=1S/C27H28N2O4/c1-16-5-11-19(12-6-16)29-24(31)21-20-13-14-27(33-20,22(21)25(29)32)15-28-23(30)17-7-9-18(10-8-17)26(2,3)4/h5-14,20,31-32H,15H2,1-4H3,(H,28,30). The molecule has 2 bridgehead atoms. The van der Waals surface area contributed by atoms with Crippen LogP contribution >= 0.6 is 0 Å². The van der Waals surface area contributed by atoms with E-state index in [2.05, 4.69) is 26.1 Å². The molecule has 2 aromatic carbocycles. The molecule has 0 saturated heterocycles. The summed E-state index contributed by atoms with van der Waals surface area (Å²) in [7, 11) is 0. The predicted octanol–water partition coefficient (Wildman–Crippen LogP) is 4.76. The second-order valence-electron chi connectivity index (χ2n) is 9.90. The van der Waals surface area contributed by atoms with Gasteiger partial charge in [0.25, 0.3) is 5.91 Å². The number of hydrogen-bond donors (Lipinski definition) is 3. The Morgan fingerprint density at radius 1 is 1.06 bits per heavy atom. The van der Waals surface area contributed by atoms with Crippen molar-refractivity contribution in [3.8, 4) is 17.4 Å². The van der Waals surface area contributed by atoms with E-state index in [0.717, 1.165) is 11.1 Å². The van der Waals surface area contributed by atoms with Crippen molar-refractivity contribution in [3.63, 3.8) is 0 Å². The SMILES string of the molecule is Cc1ccc(-n2c(O)c3c(c2O)C2(CNC(=O)c4ccc(C(C)(C)C)cc4)C=CC3O2)cc1. The molecular formula is C27H28N2O4. The summed E-state index contributed by atoms with van der Waals surface area (Å²) in [6.07, 6.45) is 3.23. The van der Waals surface area contributed by atoms with Gasteiger partial charge in [-0.15, -0.1) is 0 Å². The molecule has 33 heavy (non-hydrogen) atoms. The Kier molecular flexibility index (Phi) is 4.69. The summed E-state index contributed by atoms with van der Waals surface area (Å²) < 4.78 is 7.56. The van der Waals surface area contributed by atoms with Crippen molar-refractivity contribution in [1.29, 1.82) is 0 Å². The van der Waals surface area contributed by atoms with Crippen LogP contribution in [0.15, 0.2) is 60.7 Å². The Morgan fingerprint density at radius 3 is 2.36 bits per heavy atom. The van der Waals surface area contributed by atoms with E-state index in [1.807, 2.05) is 67.6 Å². The third kappa shape index (κ3) is 3.33. The number of benzene rings is 2. The quantitative estimate of drug-likeness (QED) is 0.507. The van der Waals surface area contributed by atoms with E-state index >= 15 is 0 Å². The highest BCUT2D eigenvalue weighted by molar-refractivity contribution is 5.94. The summed E-state index contributed by atoms with van der Waals surface area (Å²) in [6.45, 7) is 8.50. The van der Waals surface area contributed by atoms with Crippen LogP contribution in [0.4, 0.5) is 0 Å². The van der Waals surface area contributed by atoms with Gasteiger partial charge in [0.15, 0.2) is 0 Å². The monoisotopic (exact) mass is 444 g/mol. The van der Waals surface area contributed by atoms with E-state index in [4.69, 9.17) is 4.74 Å². The number of hydrogen-bond acceptors (Lipinski definition) is 4. The number of carbonyl (C=O) groups excluding carboxylic acids is 1. The van der Waals surface area contributed by atoms with Gasteiger partial charge in [0.05, 0.1) is 23.4 Å². The topological polar surface area (TPSA) is 83.7 Å². The molecule has 3 heterocycles. The van der Waals surface area contributed by atoms with Gasteiger partial charge in [-0.25, -0.2) is 0 Å². The van der Waals surface area contributed by atoms with Crippen LogP contribution in [0, 0.1) is 6.92 Å². The van der Waals surface area contributed by atoms with Gasteiger partial charge >= 0.3 is 0 Å². The van der Waals surface area contributed by atoms with E-state index in [-0.39, 0.29) is 29.6 Å². The number of aryl methyl sites for hydroxylation is 1. The lowest BCUT2D eigenvalue weighted by Gasteiger charge is -2.24. The first-order chi connectivity index (χ1) is 15.6. The maximum atomic E-state index is 12.8. The first-order valence-corrected chi connectivity index (χ1v) is 11.1. The summed E-state index contributed by atoms with van der Waals surface area (Å²) in [5.41, 5.74) is 3.46. The van der Waals surface area contributed by atoms with Crippen LogP contribution < -0.4 is 5.32 Å². The number of amides is 1. The molecule has 6 heteroatoms. The van der Waals surface area contributed by atoms with E-state index in [9.17, 15) is 15.0 Å². The van der Waals surface area contributed by atoms with Crippen molar-refractivity contribution in [2.45, 2.75) is 44.8 Å². The van der Waals surface area contributed by atoms with Crippen molar-refractivity contribution in [1.82, 2.24) is 9.88 Å². The molecule has 3 aromatic rings. The summed E-state index contributed by atoms with van der Waals surface area (Å²) in [4.78, 5) is 12.8. The lowest BCUT2D eigenvalue weighted by molar-refractivity contribution is -0.00395. The maximum absolute atomic E-state index is 12.8. The molecule has 0 aliphatic carbocycles. The smallest absolute Gasteiger partial charge is 0.251 e. The van der Waals surface area contributed by atoms with E-state index in [1.54, 1.807) is 0 Å². The van der Waals surface area contributed by atoms with Gasteiger partial charge in [-0.2, -0.15) is 0 Å². The Balaban J connectivity index is 1.42. The van der Waals surface area contributed by atoms with Crippen LogP contribution in [0.5, 0.6) is 11.8 Å². The van der Waals surface area contributed by atoms with E-state index < -0.39 is 11.7 Å². The molecular weight excluding hydrogens is 416 g/mol. The molecule has 2 aliphatic rings. The summed E-state index contributed by atoms with van der Waals surface area (Å²) in [5, 5.41) is 25.0. The highest BCUT2D eigenvalue weighted by atomic mass is 16.5. The lowest BCUT2D eigenvalue weighted by Crippen LogP contribution is -2.38. The van der Waals surface area contributed by atoms with Crippen molar-refractivity contribution < 1.29 is 19.7 Å². The Bertz CT molecular complexity index is 1260. The van der Waals surface area contributed by atoms with Crippen molar-refractivity contribution in [2.75, 3.05) is 6.54 Å².